The first kappa shape index (κ1) is 15.3. The van der Waals surface area contributed by atoms with Crippen LogP contribution in [0.3, 0.4) is 0 Å². The molecule has 0 saturated carbocycles. The Morgan fingerprint density at radius 2 is 2.21 bits per heavy atom. The predicted octanol–water partition coefficient (Wildman–Crippen LogP) is 0.416. The normalized spacial score (nSPS) is 22.0. The van der Waals surface area contributed by atoms with Crippen molar-refractivity contribution >= 4 is 5.82 Å². The average Bonchev–Trinajstić information content (AvgIpc) is 2.61. The van der Waals surface area contributed by atoms with Crippen LogP contribution in [0.25, 0.3) is 11.3 Å². The molecular weight excluding hydrogens is 306 g/mol. The largest absolute Gasteiger partial charge is 0.395 e. The highest BCUT2D eigenvalue weighted by molar-refractivity contribution is 5.62. The van der Waals surface area contributed by atoms with E-state index in [0.717, 1.165) is 43.0 Å². The Morgan fingerprint density at radius 1 is 1.29 bits per heavy atom. The van der Waals surface area contributed by atoms with Gasteiger partial charge in [-0.15, -0.1) is 0 Å². The molecule has 3 N–H and O–H groups in total. The molecule has 2 atom stereocenters. The lowest BCUT2D eigenvalue weighted by atomic mass is 9.83. The van der Waals surface area contributed by atoms with Crippen molar-refractivity contribution in [2.24, 2.45) is 5.92 Å². The summed E-state index contributed by atoms with van der Waals surface area (Å²) in [5.41, 5.74) is 2.69. The molecule has 4 rings (SSSR count). The van der Waals surface area contributed by atoms with Gasteiger partial charge < -0.3 is 20.3 Å². The van der Waals surface area contributed by atoms with Crippen molar-refractivity contribution in [2.45, 2.75) is 18.9 Å². The number of nitrogens with one attached hydrogen (secondary N) is 2. The monoisotopic (exact) mass is 327 g/mol. The highest BCUT2D eigenvalue weighted by atomic mass is 16.3. The molecule has 1 fully saturated rings. The Balaban J connectivity index is 1.72. The lowest BCUT2D eigenvalue weighted by Crippen LogP contribution is -2.44. The van der Waals surface area contributed by atoms with Gasteiger partial charge in [-0.2, -0.15) is 0 Å². The molecule has 24 heavy (non-hydrogen) atoms. The first-order valence-electron chi connectivity index (χ1n) is 8.37. The minimum absolute atomic E-state index is 0.0371. The van der Waals surface area contributed by atoms with Crippen LogP contribution in [0.4, 0.5) is 5.82 Å². The topological polar surface area (TPSA) is 92.1 Å². The molecule has 2 aliphatic rings. The molecule has 2 aromatic heterocycles. The lowest BCUT2D eigenvalue weighted by molar-refractivity contribution is 0.257. The van der Waals surface area contributed by atoms with E-state index < -0.39 is 0 Å². The molecule has 2 aromatic rings. The van der Waals surface area contributed by atoms with E-state index in [0.29, 0.717) is 24.2 Å². The highest BCUT2D eigenvalue weighted by Crippen LogP contribution is 2.33. The molecular formula is C17H21N5O2. The zero-order valence-corrected chi connectivity index (χ0v) is 13.4. The van der Waals surface area contributed by atoms with E-state index in [9.17, 15) is 4.79 Å². The third-order valence-corrected chi connectivity index (χ3v) is 4.84. The van der Waals surface area contributed by atoms with Gasteiger partial charge in [0.2, 0.25) is 0 Å². The molecule has 2 bridgehead atoms. The van der Waals surface area contributed by atoms with Gasteiger partial charge in [0.05, 0.1) is 12.3 Å². The molecule has 0 aromatic carbocycles. The van der Waals surface area contributed by atoms with Crippen LogP contribution in [0.2, 0.25) is 0 Å². The fraction of sp³-hybridized carbons (Fsp3) is 0.471. The summed E-state index contributed by atoms with van der Waals surface area (Å²) >= 11 is 0. The minimum Gasteiger partial charge on any atom is -0.395 e. The van der Waals surface area contributed by atoms with Gasteiger partial charge in [-0.05, 0) is 24.9 Å². The number of pyridine rings is 1. The Bertz CT molecular complexity index is 804. The summed E-state index contributed by atoms with van der Waals surface area (Å²) in [6.07, 6.45) is 2.62. The summed E-state index contributed by atoms with van der Waals surface area (Å²) < 4.78 is 1.93. The smallest absolute Gasteiger partial charge is 0.251 e. The predicted molar refractivity (Wildman–Crippen MR) is 91.0 cm³/mol. The van der Waals surface area contributed by atoms with E-state index >= 15 is 0 Å². The number of piperidine rings is 1. The summed E-state index contributed by atoms with van der Waals surface area (Å²) in [5.74, 6) is 1.58. The molecule has 4 heterocycles. The van der Waals surface area contributed by atoms with Crippen molar-refractivity contribution in [3.05, 3.63) is 40.6 Å². The van der Waals surface area contributed by atoms with Gasteiger partial charge in [0, 0.05) is 48.9 Å². The van der Waals surface area contributed by atoms with Crippen LogP contribution >= 0.6 is 0 Å². The lowest BCUT2D eigenvalue weighted by Gasteiger charge is -2.37. The number of hydrogen-bond donors (Lipinski definition) is 3. The van der Waals surface area contributed by atoms with Gasteiger partial charge in [0.15, 0.2) is 0 Å². The maximum absolute atomic E-state index is 12.6. The Kier molecular flexibility index (Phi) is 4.03. The van der Waals surface area contributed by atoms with Gasteiger partial charge in [0.1, 0.15) is 12.1 Å². The van der Waals surface area contributed by atoms with Gasteiger partial charge >= 0.3 is 0 Å². The number of rotatable bonds is 4. The molecule has 0 amide bonds. The Hall–Kier alpha value is -2.25. The van der Waals surface area contributed by atoms with Crippen molar-refractivity contribution in [1.82, 2.24) is 19.9 Å². The highest BCUT2D eigenvalue weighted by Gasteiger charge is 2.31. The number of aliphatic hydroxyl groups is 1. The van der Waals surface area contributed by atoms with Crippen LogP contribution in [0, 0.1) is 5.92 Å². The SMILES string of the molecule is O=c1cc(-c2cc(NCCO)ncn2)cc2n1C[C@@H]1CNC[C@H]2C1. The van der Waals surface area contributed by atoms with Crippen LogP contribution < -0.4 is 16.2 Å². The first-order valence-corrected chi connectivity index (χ1v) is 8.37. The number of aliphatic hydroxyl groups excluding tert-OH is 1. The summed E-state index contributed by atoms with van der Waals surface area (Å²) in [5, 5.41) is 15.4. The Labute approximate surface area is 139 Å². The van der Waals surface area contributed by atoms with Gasteiger partial charge in [-0.3, -0.25) is 4.79 Å². The summed E-state index contributed by atoms with van der Waals surface area (Å²) in [6, 6.07) is 5.57. The van der Waals surface area contributed by atoms with E-state index in [1.54, 1.807) is 6.07 Å². The summed E-state index contributed by atoms with van der Waals surface area (Å²) in [6.45, 7) is 3.18. The fourth-order valence-corrected chi connectivity index (χ4v) is 3.75. The van der Waals surface area contributed by atoms with E-state index in [2.05, 4.69) is 26.7 Å². The van der Waals surface area contributed by atoms with Gasteiger partial charge in [-0.1, -0.05) is 0 Å². The van der Waals surface area contributed by atoms with E-state index in [1.807, 2.05) is 10.6 Å². The minimum atomic E-state index is 0.0371. The second-order valence-corrected chi connectivity index (χ2v) is 6.51. The van der Waals surface area contributed by atoms with Crippen molar-refractivity contribution in [3.8, 4) is 11.3 Å². The molecule has 0 unspecified atom stereocenters. The number of nitrogens with zero attached hydrogens (tertiary/aromatic N) is 3. The third kappa shape index (κ3) is 2.81. The second kappa shape index (κ2) is 6.33. The van der Waals surface area contributed by atoms with Crippen molar-refractivity contribution < 1.29 is 5.11 Å². The standard InChI is InChI=1S/C17H21N5O2/c23-2-1-19-16-6-14(20-10-21-16)12-4-15-13-3-11(7-18-8-13)9-22(15)17(24)5-12/h4-6,10-11,13,18,23H,1-3,7-9H2,(H,19,20,21)/t11-,13+/m0/s1. The van der Waals surface area contributed by atoms with Crippen molar-refractivity contribution in [3.63, 3.8) is 0 Å². The van der Waals surface area contributed by atoms with E-state index in [-0.39, 0.29) is 12.2 Å². The van der Waals surface area contributed by atoms with Crippen LogP contribution in [-0.4, -0.2) is 45.9 Å². The molecule has 0 aliphatic carbocycles. The molecule has 1 saturated heterocycles. The van der Waals surface area contributed by atoms with E-state index in [4.69, 9.17) is 5.11 Å². The number of aromatic nitrogens is 3. The van der Waals surface area contributed by atoms with Crippen LogP contribution in [0.15, 0.2) is 29.3 Å². The average molecular weight is 327 g/mol. The molecule has 0 radical (unpaired) electrons. The quantitative estimate of drug-likeness (QED) is 0.754. The number of anilines is 1. The van der Waals surface area contributed by atoms with E-state index in [1.165, 1.54) is 6.33 Å². The van der Waals surface area contributed by atoms with Crippen LogP contribution in [-0.2, 0) is 6.54 Å². The zero-order valence-electron chi connectivity index (χ0n) is 13.4. The van der Waals surface area contributed by atoms with Crippen molar-refractivity contribution in [1.29, 1.82) is 0 Å². The van der Waals surface area contributed by atoms with Crippen molar-refractivity contribution in [2.75, 3.05) is 31.6 Å². The van der Waals surface area contributed by atoms with Gasteiger partial charge in [-0.25, -0.2) is 9.97 Å². The van der Waals surface area contributed by atoms with Crippen LogP contribution in [0.5, 0.6) is 0 Å². The molecule has 126 valence electrons. The number of hydrogen-bond acceptors (Lipinski definition) is 6. The zero-order chi connectivity index (χ0) is 16.5. The molecule has 2 aliphatic heterocycles. The third-order valence-electron chi connectivity index (χ3n) is 4.84. The second-order valence-electron chi connectivity index (χ2n) is 6.51. The fourth-order valence-electron chi connectivity index (χ4n) is 3.75. The number of fused-ring (bicyclic) bond motifs is 4. The first-order chi connectivity index (χ1) is 11.7. The van der Waals surface area contributed by atoms with Crippen LogP contribution in [0.1, 0.15) is 18.0 Å². The summed E-state index contributed by atoms with van der Waals surface area (Å²) in [7, 11) is 0. The Morgan fingerprint density at radius 3 is 3.08 bits per heavy atom. The molecule has 7 nitrogen and oxygen atoms in total. The molecule has 0 spiro atoms. The maximum atomic E-state index is 12.6. The van der Waals surface area contributed by atoms with Gasteiger partial charge in [0.25, 0.3) is 5.56 Å². The maximum Gasteiger partial charge on any atom is 0.251 e. The summed E-state index contributed by atoms with van der Waals surface area (Å²) in [4.78, 5) is 21.0. The molecule has 7 heteroatoms.